The molecule has 3 aliphatic rings. The van der Waals surface area contributed by atoms with Crippen molar-refractivity contribution in [1.29, 1.82) is 0 Å². The largest absolute Gasteiger partial charge is 0.454 e. The number of aromatic nitrogens is 1. The van der Waals surface area contributed by atoms with Gasteiger partial charge in [0.05, 0.1) is 25.3 Å². The van der Waals surface area contributed by atoms with Crippen LogP contribution >= 0.6 is 12.2 Å². The second-order valence-electron chi connectivity index (χ2n) is 9.02. The standard InChI is InChI=1S/C24H32N4O4S/c29-23-18(12-17-13-21-22(32-16-31-21)14-20(17)26-23)15-28(19-4-1-2-5-19)24(33)25-6-3-7-27-8-10-30-11-9-27/h12-14,19H,1-11,15-16H2,(H,25,33)(H,26,29). The van der Waals surface area contributed by atoms with E-state index in [1.807, 2.05) is 18.2 Å². The molecule has 0 bridgehead atoms. The maximum absolute atomic E-state index is 12.9. The summed E-state index contributed by atoms with van der Waals surface area (Å²) >= 11 is 5.82. The lowest BCUT2D eigenvalue weighted by Gasteiger charge is -2.32. The fourth-order valence-electron chi connectivity index (χ4n) is 4.95. The van der Waals surface area contributed by atoms with Crippen molar-refractivity contribution in [3.8, 4) is 11.5 Å². The van der Waals surface area contributed by atoms with Gasteiger partial charge < -0.3 is 29.4 Å². The van der Waals surface area contributed by atoms with E-state index in [2.05, 4.69) is 20.1 Å². The lowest BCUT2D eigenvalue weighted by atomic mass is 10.1. The Balaban J connectivity index is 1.27. The van der Waals surface area contributed by atoms with Gasteiger partial charge in [0, 0.05) is 42.7 Å². The zero-order valence-electron chi connectivity index (χ0n) is 18.9. The van der Waals surface area contributed by atoms with E-state index in [9.17, 15) is 4.79 Å². The van der Waals surface area contributed by atoms with Crippen LogP contribution < -0.4 is 20.3 Å². The quantitative estimate of drug-likeness (QED) is 0.470. The van der Waals surface area contributed by atoms with Crippen molar-refractivity contribution in [1.82, 2.24) is 20.1 Å². The molecule has 0 unspecified atom stereocenters. The Morgan fingerprint density at radius 3 is 2.70 bits per heavy atom. The van der Waals surface area contributed by atoms with Gasteiger partial charge in [0.1, 0.15) is 0 Å². The van der Waals surface area contributed by atoms with Gasteiger partial charge in [-0.05, 0) is 50.2 Å². The molecule has 8 nitrogen and oxygen atoms in total. The maximum Gasteiger partial charge on any atom is 0.253 e. The molecule has 0 radical (unpaired) electrons. The summed E-state index contributed by atoms with van der Waals surface area (Å²) in [6.45, 7) is 6.24. The minimum absolute atomic E-state index is 0.0838. The molecule has 0 spiro atoms. The van der Waals surface area contributed by atoms with Gasteiger partial charge in [-0.3, -0.25) is 9.69 Å². The number of hydrogen-bond acceptors (Lipinski definition) is 6. The van der Waals surface area contributed by atoms with Crippen molar-refractivity contribution in [3.63, 3.8) is 0 Å². The molecule has 0 amide bonds. The summed E-state index contributed by atoms with van der Waals surface area (Å²) in [6, 6.07) is 6.09. The van der Waals surface area contributed by atoms with Crippen LogP contribution in [0.15, 0.2) is 23.0 Å². The normalized spacial score (nSPS) is 18.7. The number of ether oxygens (including phenoxy) is 3. The number of rotatable bonds is 7. The van der Waals surface area contributed by atoms with Gasteiger partial charge >= 0.3 is 0 Å². The van der Waals surface area contributed by atoms with E-state index in [1.54, 1.807) is 0 Å². The Kier molecular flexibility index (Phi) is 6.99. The van der Waals surface area contributed by atoms with E-state index >= 15 is 0 Å². The van der Waals surface area contributed by atoms with Crippen LogP contribution in [-0.4, -0.2) is 72.1 Å². The average molecular weight is 473 g/mol. The van der Waals surface area contributed by atoms with Gasteiger partial charge in [0.15, 0.2) is 16.6 Å². The molecule has 2 N–H and O–H groups in total. The van der Waals surface area contributed by atoms with Crippen molar-refractivity contribution in [2.24, 2.45) is 0 Å². The summed E-state index contributed by atoms with van der Waals surface area (Å²) in [5, 5.41) is 5.14. The van der Waals surface area contributed by atoms with Crippen LogP contribution in [0.25, 0.3) is 10.9 Å². The number of thiocarbonyl (C=S) groups is 1. The van der Waals surface area contributed by atoms with Crippen LogP contribution in [0.4, 0.5) is 0 Å². The molecule has 3 heterocycles. The van der Waals surface area contributed by atoms with E-state index in [-0.39, 0.29) is 12.4 Å². The molecular formula is C24H32N4O4S. The number of nitrogens with one attached hydrogen (secondary N) is 2. The molecule has 1 saturated heterocycles. The van der Waals surface area contributed by atoms with Gasteiger partial charge in [-0.25, -0.2) is 0 Å². The van der Waals surface area contributed by atoms with Crippen molar-refractivity contribution in [2.45, 2.75) is 44.7 Å². The van der Waals surface area contributed by atoms with Crippen LogP contribution in [0.1, 0.15) is 37.7 Å². The number of morpholine rings is 1. The Labute approximate surface area is 199 Å². The van der Waals surface area contributed by atoms with E-state index in [0.29, 0.717) is 29.6 Å². The zero-order valence-corrected chi connectivity index (χ0v) is 19.8. The summed E-state index contributed by atoms with van der Waals surface area (Å²) in [7, 11) is 0. The van der Waals surface area contributed by atoms with Crippen molar-refractivity contribution in [3.05, 3.63) is 34.1 Å². The first-order valence-corrected chi connectivity index (χ1v) is 12.4. The first-order chi connectivity index (χ1) is 16.2. The van der Waals surface area contributed by atoms with E-state index < -0.39 is 0 Å². The smallest absolute Gasteiger partial charge is 0.253 e. The molecule has 178 valence electrons. The number of hydrogen-bond donors (Lipinski definition) is 2. The SMILES string of the molecule is O=c1[nH]c2cc3c(cc2cc1CN(C(=S)NCCCN1CCOCC1)C1CCCC1)OCO3. The molecule has 0 atom stereocenters. The first kappa shape index (κ1) is 22.4. The zero-order chi connectivity index (χ0) is 22.6. The van der Waals surface area contributed by atoms with Crippen molar-refractivity contribution >= 4 is 28.2 Å². The number of nitrogens with zero attached hydrogens (tertiary/aromatic N) is 2. The Morgan fingerprint density at radius 2 is 1.91 bits per heavy atom. The number of H-pyrrole nitrogens is 1. The highest BCUT2D eigenvalue weighted by Crippen LogP contribution is 2.35. The van der Waals surface area contributed by atoms with Crippen molar-refractivity contribution < 1.29 is 14.2 Å². The summed E-state index contributed by atoms with van der Waals surface area (Å²) in [5.74, 6) is 1.38. The predicted molar refractivity (Wildman–Crippen MR) is 131 cm³/mol. The molecule has 5 rings (SSSR count). The monoisotopic (exact) mass is 472 g/mol. The fourth-order valence-corrected chi connectivity index (χ4v) is 5.26. The third-order valence-corrected chi connectivity index (χ3v) is 7.19. The number of fused-ring (bicyclic) bond motifs is 2. The fraction of sp³-hybridized carbons (Fsp3) is 0.583. The highest BCUT2D eigenvalue weighted by Gasteiger charge is 2.26. The molecule has 1 saturated carbocycles. The first-order valence-electron chi connectivity index (χ1n) is 12.0. The molecule has 1 aromatic carbocycles. The van der Waals surface area contributed by atoms with Gasteiger partial charge in [-0.1, -0.05) is 12.8 Å². The summed E-state index contributed by atoms with van der Waals surface area (Å²) in [4.78, 5) is 20.6. The van der Waals surface area contributed by atoms with Crippen LogP contribution in [0.2, 0.25) is 0 Å². The van der Waals surface area contributed by atoms with Crippen LogP contribution in [0, 0.1) is 0 Å². The minimum Gasteiger partial charge on any atom is -0.454 e. The Hall–Kier alpha value is -2.36. The number of benzene rings is 1. The highest BCUT2D eigenvalue weighted by atomic mass is 32.1. The molecule has 1 aromatic heterocycles. The van der Waals surface area contributed by atoms with E-state index in [4.69, 9.17) is 26.4 Å². The van der Waals surface area contributed by atoms with Gasteiger partial charge in [0.2, 0.25) is 6.79 Å². The van der Waals surface area contributed by atoms with E-state index in [1.165, 1.54) is 12.8 Å². The van der Waals surface area contributed by atoms with Crippen LogP contribution in [0.5, 0.6) is 11.5 Å². The van der Waals surface area contributed by atoms with Gasteiger partial charge in [-0.15, -0.1) is 0 Å². The molecule has 33 heavy (non-hydrogen) atoms. The Morgan fingerprint density at radius 1 is 1.15 bits per heavy atom. The maximum atomic E-state index is 12.9. The Bertz CT molecular complexity index is 1050. The lowest BCUT2D eigenvalue weighted by molar-refractivity contribution is 0.0375. The van der Waals surface area contributed by atoms with Crippen LogP contribution in [-0.2, 0) is 11.3 Å². The number of pyridine rings is 1. The van der Waals surface area contributed by atoms with E-state index in [0.717, 1.165) is 74.7 Å². The molecule has 2 aromatic rings. The minimum atomic E-state index is -0.0838. The van der Waals surface area contributed by atoms with Crippen LogP contribution in [0.3, 0.4) is 0 Å². The van der Waals surface area contributed by atoms with Gasteiger partial charge in [0.25, 0.3) is 5.56 Å². The topological polar surface area (TPSA) is 79.1 Å². The van der Waals surface area contributed by atoms with Gasteiger partial charge in [-0.2, -0.15) is 0 Å². The van der Waals surface area contributed by atoms with Crippen molar-refractivity contribution in [2.75, 3.05) is 46.2 Å². The highest BCUT2D eigenvalue weighted by molar-refractivity contribution is 7.80. The molecule has 9 heteroatoms. The summed E-state index contributed by atoms with van der Waals surface area (Å²) in [5.41, 5.74) is 1.38. The molecule has 1 aliphatic carbocycles. The predicted octanol–water partition coefficient (Wildman–Crippen LogP) is 2.60. The third-order valence-electron chi connectivity index (χ3n) is 6.81. The summed E-state index contributed by atoms with van der Waals surface area (Å²) in [6.07, 6.45) is 5.67. The molecule has 2 aliphatic heterocycles. The molecular weight excluding hydrogens is 440 g/mol. The second kappa shape index (κ2) is 10.3. The lowest BCUT2D eigenvalue weighted by Crippen LogP contribution is -2.46. The summed E-state index contributed by atoms with van der Waals surface area (Å²) < 4.78 is 16.4. The number of aromatic amines is 1. The molecule has 2 fully saturated rings. The second-order valence-corrected chi connectivity index (χ2v) is 9.41. The average Bonchev–Trinajstić information content (AvgIpc) is 3.51. The third kappa shape index (κ3) is 5.26.